The Labute approximate surface area is 80.9 Å². The van der Waals surface area contributed by atoms with E-state index < -0.39 is 0 Å². The van der Waals surface area contributed by atoms with Gasteiger partial charge in [-0.05, 0) is 19.9 Å². The zero-order chi connectivity index (χ0) is 10.1. The number of rotatable bonds is 2. The summed E-state index contributed by atoms with van der Waals surface area (Å²) in [5.74, 6) is 1.46. The first kappa shape index (κ1) is 8.96. The van der Waals surface area contributed by atoms with E-state index in [-0.39, 0.29) is 6.04 Å². The topological polar surface area (TPSA) is 78.1 Å². The van der Waals surface area contributed by atoms with Gasteiger partial charge in [0.15, 0.2) is 11.6 Å². The second-order valence-electron chi connectivity index (χ2n) is 3.18. The van der Waals surface area contributed by atoms with Crippen LogP contribution >= 0.6 is 0 Å². The van der Waals surface area contributed by atoms with Crippen molar-refractivity contribution in [2.45, 2.75) is 19.9 Å². The molecular weight excluding hydrogens is 182 g/mol. The Kier molecular flexibility index (Phi) is 2.09. The van der Waals surface area contributed by atoms with Crippen LogP contribution in [0.5, 0.6) is 0 Å². The highest BCUT2D eigenvalue weighted by Gasteiger charge is 2.15. The highest BCUT2D eigenvalue weighted by atomic mass is 16.5. The number of hydrogen-bond donors (Lipinski definition) is 1. The van der Waals surface area contributed by atoms with Gasteiger partial charge in [-0.25, -0.2) is 0 Å². The van der Waals surface area contributed by atoms with Crippen LogP contribution in [0, 0.1) is 6.92 Å². The molecule has 0 fully saturated rings. The third-order valence-corrected chi connectivity index (χ3v) is 1.91. The molecule has 1 unspecified atom stereocenters. The van der Waals surface area contributed by atoms with Gasteiger partial charge in [0.25, 0.3) is 5.89 Å². The van der Waals surface area contributed by atoms with Crippen molar-refractivity contribution in [3.05, 3.63) is 23.7 Å². The second kappa shape index (κ2) is 3.26. The van der Waals surface area contributed by atoms with Crippen LogP contribution in [0.25, 0.3) is 11.7 Å². The molecule has 2 rings (SSSR count). The maximum Gasteiger partial charge on any atom is 0.293 e. The maximum atomic E-state index is 5.60. The summed E-state index contributed by atoms with van der Waals surface area (Å²) in [5, 5.41) is 3.74. The zero-order valence-corrected chi connectivity index (χ0v) is 8.02. The van der Waals surface area contributed by atoms with Crippen molar-refractivity contribution >= 4 is 0 Å². The van der Waals surface area contributed by atoms with E-state index in [9.17, 15) is 0 Å². The van der Waals surface area contributed by atoms with Gasteiger partial charge in [0, 0.05) is 5.56 Å². The maximum absolute atomic E-state index is 5.60. The minimum Gasteiger partial charge on any atom is -0.459 e. The predicted molar refractivity (Wildman–Crippen MR) is 49.3 cm³/mol. The molecule has 0 amide bonds. The Morgan fingerprint density at radius 2 is 2.29 bits per heavy atom. The molecule has 74 valence electrons. The fourth-order valence-electron chi connectivity index (χ4n) is 1.10. The summed E-state index contributed by atoms with van der Waals surface area (Å²) in [7, 11) is 0. The molecule has 14 heavy (non-hydrogen) atoms. The lowest BCUT2D eigenvalue weighted by Crippen LogP contribution is -2.06. The second-order valence-corrected chi connectivity index (χ2v) is 3.18. The number of hydrogen-bond acceptors (Lipinski definition) is 5. The summed E-state index contributed by atoms with van der Waals surface area (Å²) in [6, 6.07) is 1.60. The fraction of sp³-hybridized carbons (Fsp3) is 0.333. The van der Waals surface area contributed by atoms with Gasteiger partial charge < -0.3 is 14.7 Å². The molecule has 2 N–H and O–H groups in total. The van der Waals surface area contributed by atoms with E-state index in [1.165, 1.54) is 0 Å². The van der Waals surface area contributed by atoms with Crippen LogP contribution in [-0.2, 0) is 0 Å². The first-order valence-corrected chi connectivity index (χ1v) is 4.32. The van der Waals surface area contributed by atoms with E-state index in [1.54, 1.807) is 13.2 Å². The molecule has 0 aliphatic rings. The van der Waals surface area contributed by atoms with Crippen molar-refractivity contribution in [3.63, 3.8) is 0 Å². The normalized spacial score (nSPS) is 13.1. The average molecular weight is 193 g/mol. The molecule has 2 aromatic heterocycles. The van der Waals surface area contributed by atoms with E-state index >= 15 is 0 Å². The number of furan rings is 1. The molecular formula is C9H11N3O2. The average Bonchev–Trinajstić information content (AvgIpc) is 2.71. The molecule has 2 heterocycles. The van der Waals surface area contributed by atoms with Crippen molar-refractivity contribution in [3.8, 4) is 11.7 Å². The van der Waals surface area contributed by atoms with E-state index in [4.69, 9.17) is 14.7 Å². The van der Waals surface area contributed by atoms with Crippen LogP contribution in [-0.4, -0.2) is 10.1 Å². The number of aromatic nitrogens is 2. The first-order chi connectivity index (χ1) is 6.68. The Hall–Kier alpha value is -1.62. The van der Waals surface area contributed by atoms with E-state index in [0.717, 1.165) is 5.56 Å². The lowest BCUT2D eigenvalue weighted by Gasteiger charge is -1.92. The van der Waals surface area contributed by atoms with Crippen molar-refractivity contribution in [2.24, 2.45) is 5.73 Å². The number of nitrogens with two attached hydrogens (primary N) is 1. The minimum absolute atomic E-state index is 0.234. The molecule has 2 aromatic rings. The quantitative estimate of drug-likeness (QED) is 0.784. The molecule has 1 atom stereocenters. The van der Waals surface area contributed by atoms with Gasteiger partial charge in [-0.1, -0.05) is 5.16 Å². The lowest BCUT2D eigenvalue weighted by molar-refractivity contribution is 0.405. The summed E-state index contributed by atoms with van der Waals surface area (Å²) in [4.78, 5) is 4.12. The van der Waals surface area contributed by atoms with Gasteiger partial charge in [0.05, 0.1) is 12.3 Å². The van der Waals surface area contributed by atoms with Crippen molar-refractivity contribution in [1.29, 1.82) is 0 Å². The zero-order valence-electron chi connectivity index (χ0n) is 8.02. The van der Waals surface area contributed by atoms with Crippen molar-refractivity contribution < 1.29 is 8.94 Å². The van der Waals surface area contributed by atoms with E-state index in [0.29, 0.717) is 17.5 Å². The largest absolute Gasteiger partial charge is 0.459 e. The van der Waals surface area contributed by atoms with Crippen LogP contribution in [0.1, 0.15) is 24.4 Å². The van der Waals surface area contributed by atoms with Crippen molar-refractivity contribution in [1.82, 2.24) is 10.1 Å². The van der Waals surface area contributed by atoms with Gasteiger partial charge in [-0.3, -0.25) is 0 Å². The molecule has 0 bridgehead atoms. The lowest BCUT2D eigenvalue weighted by atomic mass is 10.3. The Morgan fingerprint density at radius 3 is 2.79 bits per heavy atom. The summed E-state index contributed by atoms with van der Waals surface area (Å²) in [6.07, 6.45) is 1.58. The van der Waals surface area contributed by atoms with E-state index in [2.05, 4.69) is 10.1 Å². The van der Waals surface area contributed by atoms with Crippen molar-refractivity contribution in [2.75, 3.05) is 0 Å². The van der Waals surface area contributed by atoms with Crippen LogP contribution < -0.4 is 5.73 Å². The minimum atomic E-state index is -0.234. The Balaban J connectivity index is 2.39. The van der Waals surface area contributed by atoms with Gasteiger partial charge in [-0.2, -0.15) is 4.98 Å². The molecule has 0 spiro atoms. The first-order valence-electron chi connectivity index (χ1n) is 4.32. The monoisotopic (exact) mass is 193 g/mol. The Morgan fingerprint density at radius 1 is 1.50 bits per heavy atom. The SMILES string of the molecule is Cc1ccoc1-c1nc(C(C)N)no1. The smallest absolute Gasteiger partial charge is 0.293 e. The van der Waals surface area contributed by atoms with Gasteiger partial charge in [-0.15, -0.1) is 0 Å². The van der Waals surface area contributed by atoms with Crippen LogP contribution in [0.3, 0.4) is 0 Å². The van der Waals surface area contributed by atoms with Crippen LogP contribution in [0.2, 0.25) is 0 Å². The summed E-state index contributed by atoms with van der Waals surface area (Å²) >= 11 is 0. The molecule has 0 aliphatic heterocycles. The highest BCUT2D eigenvalue weighted by molar-refractivity contribution is 5.49. The van der Waals surface area contributed by atoms with Gasteiger partial charge in [0.2, 0.25) is 0 Å². The van der Waals surface area contributed by atoms with Gasteiger partial charge in [0.1, 0.15) is 0 Å². The molecule has 5 nitrogen and oxygen atoms in total. The predicted octanol–water partition coefficient (Wildman–Crippen LogP) is 1.66. The number of aryl methyl sites for hydroxylation is 1. The molecule has 0 aromatic carbocycles. The molecule has 0 radical (unpaired) electrons. The van der Waals surface area contributed by atoms with E-state index in [1.807, 2.05) is 13.0 Å². The van der Waals surface area contributed by atoms with Crippen LogP contribution in [0.15, 0.2) is 21.3 Å². The summed E-state index contributed by atoms with van der Waals surface area (Å²) < 4.78 is 10.2. The third kappa shape index (κ3) is 1.42. The molecule has 0 saturated carbocycles. The fourth-order valence-corrected chi connectivity index (χ4v) is 1.10. The Bertz CT molecular complexity index is 431. The van der Waals surface area contributed by atoms with Gasteiger partial charge >= 0.3 is 0 Å². The molecule has 0 aliphatic carbocycles. The molecule has 0 saturated heterocycles. The highest BCUT2D eigenvalue weighted by Crippen LogP contribution is 2.22. The van der Waals surface area contributed by atoms with Crippen LogP contribution in [0.4, 0.5) is 0 Å². The summed E-state index contributed by atoms with van der Waals surface area (Å²) in [5.41, 5.74) is 6.57. The third-order valence-electron chi connectivity index (χ3n) is 1.91. The summed E-state index contributed by atoms with van der Waals surface area (Å²) in [6.45, 7) is 3.71. The standard InChI is InChI=1S/C9H11N3O2/c1-5-3-4-13-7(5)9-11-8(6(2)10)12-14-9/h3-4,6H,10H2,1-2H3. The number of nitrogens with zero attached hydrogens (tertiary/aromatic N) is 2. The molecule has 5 heteroatoms.